The number of hydrogen-bond acceptors (Lipinski definition) is 4. The number of ether oxygens (including phenoxy) is 2. The third-order valence-electron chi connectivity index (χ3n) is 3.27. The van der Waals surface area contributed by atoms with Crippen molar-refractivity contribution in [3.05, 3.63) is 34.1 Å². The van der Waals surface area contributed by atoms with Crippen LogP contribution in [0.5, 0.6) is 11.5 Å². The summed E-state index contributed by atoms with van der Waals surface area (Å²) < 4.78 is 38.3. The van der Waals surface area contributed by atoms with Crippen molar-refractivity contribution in [2.24, 2.45) is 0 Å². The van der Waals surface area contributed by atoms with Crippen LogP contribution in [-0.2, 0) is 0 Å². The van der Waals surface area contributed by atoms with Gasteiger partial charge in [-0.25, -0.2) is 9.18 Å². The topological polar surface area (TPSA) is 77.8 Å². The third-order valence-corrected chi connectivity index (χ3v) is 3.27. The van der Waals surface area contributed by atoms with Gasteiger partial charge in [0.2, 0.25) is 11.2 Å². The smallest absolute Gasteiger partial charge is 0.486 e. The largest absolute Gasteiger partial charge is 0.511 e. The van der Waals surface area contributed by atoms with Crippen LogP contribution < -0.4 is 14.9 Å². The second-order valence-corrected chi connectivity index (χ2v) is 4.66. The molecule has 0 radical (unpaired) electrons. The lowest BCUT2D eigenvalue weighted by atomic mass is 10.1. The number of hydrogen-bond donors (Lipinski definition) is 1. The first-order chi connectivity index (χ1) is 9.90. The highest BCUT2D eigenvalue weighted by molar-refractivity contribution is 5.87. The van der Waals surface area contributed by atoms with Crippen LogP contribution in [-0.4, -0.2) is 22.4 Å². The van der Waals surface area contributed by atoms with E-state index in [1.807, 2.05) is 0 Å². The van der Waals surface area contributed by atoms with E-state index in [0.29, 0.717) is 6.07 Å². The van der Waals surface area contributed by atoms with Gasteiger partial charge in [-0.1, -0.05) is 0 Å². The molecule has 1 aliphatic heterocycles. The average Bonchev–Trinajstić information content (AvgIpc) is 2.42. The Balaban J connectivity index is 2.44. The highest BCUT2D eigenvalue weighted by Crippen LogP contribution is 2.36. The first kappa shape index (κ1) is 13.3. The summed E-state index contributed by atoms with van der Waals surface area (Å²) in [6.07, 6.45) is -0.505. The van der Waals surface area contributed by atoms with Gasteiger partial charge in [0.05, 0.1) is 23.1 Å². The highest BCUT2D eigenvalue weighted by atomic mass is 19.2. The number of rotatable bonds is 1. The van der Waals surface area contributed by atoms with Gasteiger partial charge in [0.1, 0.15) is 6.61 Å². The summed E-state index contributed by atoms with van der Waals surface area (Å²) in [5, 5.41) is 8.43. The second-order valence-electron chi connectivity index (χ2n) is 4.66. The van der Waals surface area contributed by atoms with Crippen molar-refractivity contribution in [1.82, 2.24) is 4.57 Å². The van der Waals surface area contributed by atoms with Gasteiger partial charge >= 0.3 is 6.16 Å². The maximum atomic E-state index is 13.8. The molecule has 0 amide bonds. The minimum Gasteiger partial charge on any atom is -0.486 e. The van der Waals surface area contributed by atoms with Crippen molar-refractivity contribution in [1.29, 1.82) is 0 Å². The monoisotopic (exact) mass is 297 g/mol. The molecule has 1 unspecified atom stereocenters. The number of halogens is 2. The molecular weight excluding hydrogens is 288 g/mol. The van der Waals surface area contributed by atoms with E-state index >= 15 is 0 Å². The SMILES string of the molecule is CC1COc2c(F)c(F)cc3c(=O)c(OC(=O)O)cn1c23. The van der Waals surface area contributed by atoms with Crippen LogP contribution >= 0.6 is 0 Å². The lowest BCUT2D eigenvalue weighted by molar-refractivity contribution is 0.143. The molecule has 0 saturated carbocycles. The Morgan fingerprint density at radius 1 is 1.52 bits per heavy atom. The number of carboxylic acid groups (broad SMARTS) is 1. The Bertz CT molecular complexity index is 830. The van der Waals surface area contributed by atoms with Crippen LogP contribution in [0.4, 0.5) is 13.6 Å². The van der Waals surface area contributed by atoms with Crippen molar-refractivity contribution in [3.63, 3.8) is 0 Å². The lowest BCUT2D eigenvalue weighted by Crippen LogP contribution is -2.25. The molecule has 3 rings (SSSR count). The zero-order chi connectivity index (χ0) is 15.3. The summed E-state index contributed by atoms with van der Waals surface area (Å²) in [6, 6.07) is 0.407. The Labute approximate surface area is 116 Å². The van der Waals surface area contributed by atoms with E-state index in [-0.39, 0.29) is 29.3 Å². The van der Waals surface area contributed by atoms with Gasteiger partial charge in [-0.15, -0.1) is 0 Å². The van der Waals surface area contributed by atoms with Gasteiger partial charge in [0.25, 0.3) is 0 Å². The van der Waals surface area contributed by atoms with Crippen LogP contribution in [0.2, 0.25) is 0 Å². The third kappa shape index (κ3) is 1.91. The molecule has 8 heteroatoms. The van der Waals surface area contributed by atoms with Crippen molar-refractivity contribution in [2.75, 3.05) is 6.61 Å². The maximum Gasteiger partial charge on any atom is 0.511 e. The van der Waals surface area contributed by atoms with Crippen molar-refractivity contribution in [2.45, 2.75) is 13.0 Å². The maximum absolute atomic E-state index is 13.8. The number of nitrogens with zero attached hydrogens (tertiary/aromatic N) is 1. The molecule has 0 bridgehead atoms. The van der Waals surface area contributed by atoms with E-state index in [0.717, 1.165) is 6.20 Å². The fourth-order valence-corrected chi connectivity index (χ4v) is 2.34. The number of pyridine rings is 1. The van der Waals surface area contributed by atoms with Gasteiger partial charge in [-0.3, -0.25) is 4.79 Å². The predicted octanol–water partition coefficient (Wildman–Crippen LogP) is 2.29. The minimum absolute atomic E-state index is 0.0534. The Kier molecular flexibility index (Phi) is 2.82. The van der Waals surface area contributed by atoms with Crippen LogP contribution in [0.1, 0.15) is 13.0 Å². The summed E-state index contributed by atoms with van der Waals surface area (Å²) in [4.78, 5) is 22.7. The van der Waals surface area contributed by atoms with E-state index in [2.05, 4.69) is 4.74 Å². The van der Waals surface area contributed by atoms with Gasteiger partial charge < -0.3 is 19.1 Å². The fraction of sp³-hybridized carbons (Fsp3) is 0.231. The van der Waals surface area contributed by atoms with Crippen molar-refractivity contribution < 1.29 is 28.2 Å². The number of carbonyl (C=O) groups is 1. The molecule has 0 fully saturated rings. The van der Waals surface area contributed by atoms with E-state index in [1.165, 1.54) is 4.57 Å². The van der Waals surface area contributed by atoms with Crippen LogP contribution in [0.3, 0.4) is 0 Å². The summed E-state index contributed by atoms with van der Waals surface area (Å²) in [6.45, 7) is 1.77. The summed E-state index contributed by atoms with van der Waals surface area (Å²) in [5.41, 5.74) is -0.767. The van der Waals surface area contributed by atoms with Crippen molar-refractivity contribution in [3.8, 4) is 11.5 Å². The molecular formula is C13H9F2NO5. The first-order valence-corrected chi connectivity index (χ1v) is 6.00. The van der Waals surface area contributed by atoms with E-state index < -0.39 is 29.0 Å². The van der Waals surface area contributed by atoms with Gasteiger partial charge in [0, 0.05) is 0 Å². The Hall–Kier alpha value is -2.64. The molecule has 1 aromatic heterocycles. The van der Waals surface area contributed by atoms with E-state index in [9.17, 15) is 18.4 Å². The predicted molar refractivity (Wildman–Crippen MR) is 67.0 cm³/mol. The number of aromatic nitrogens is 1. The zero-order valence-corrected chi connectivity index (χ0v) is 10.7. The van der Waals surface area contributed by atoms with E-state index in [4.69, 9.17) is 9.84 Å². The highest BCUT2D eigenvalue weighted by Gasteiger charge is 2.27. The molecule has 1 aliphatic rings. The molecule has 110 valence electrons. The van der Waals surface area contributed by atoms with Crippen LogP contribution in [0, 0.1) is 11.6 Å². The second kappa shape index (κ2) is 4.44. The molecule has 1 N–H and O–H groups in total. The molecule has 1 aromatic carbocycles. The molecule has 2 aromatic rings. The number of benzene rings is 1. The first-order valence-electron chi connectivity index (χ1n) is 6.00. The standard InChI is InChI=1S/C13H9F2NO5/c1-5-4-20-12-9(15)7(14)2-6-10(12)16(5)3-8(11(6)17)21-13(18)19/h2-3,5H,4H2,1H3,(H,18,19). The summed E-state index contributed by atoms with van der Waals surface area (Å²) in [5.74, 6) is -3.26. The zero-order valence-electron chi connectivity index (χ0n) is 10.7. The average molecular weight is 297 g/mol. The Morgan fingerprint density at radius 3 is 2.90 bits per heavy atom. The minimum atomic E-state index is -1.67. The van der Waals surface area contributed by atoms with E-state index in [1.54, 1.807) is 6.92 Å². The summed E-state index contributed by atoms with van der Waals surface area (Å²) in [7, 11) is 0. The quantitative estimate of drug-likeness (QED) is 0.817. The molecule has 2 heterocycles. The molecule has 0 spiro atoms. The van der Waals surface area contributed by atoms with Gasteiger partial charge in [0.15, 0.2) is 17.3 Å². The molecule has 6 nitrogen and oxygen atoms in total. The van der Waals surface area contributed by atoms with Crippen LogP contribution in [0.15, 0.2) is 17.1 Å². The lowest BCUT2D eigenvalue weighted by Gasteiger charge is -2.27. The van der Waals surface area contributed by atoms with Crippen molar-refractivity contribution >= 4 is 17.1 Å². The van der Waals surface area contributed by atoms with Gasteiger partial charge in [-0.2, -0.15) is 4.39 Å². The summed E-state index contributed by atoms with van der Waals surface area (Å²) >= 11 is 0. The molecule has 0 saturated heterocycles. The molecule has 0 aliphatic carbocycles. The van der Waals surface area contributed by atoms with Gasteiger partial charge in [-0.05, 0) is 13.0 Å². The normalized spacial score (nSPS) is 16.6. The fourth-order valence-electron chi connectivity index (χ4n) is 2.34. The van der Waals surface area contributed by atoms with Crippen LogP contribution in [0.25, 0.3) is 10.9 Å². The molecule has 1 atom stereocenters. The molecule has 21 heavy (non-hydrogen) atoms. The Morgan fingerprint density at radius 2 is 2.24 bits per heavy atom.